The molecule has 53 heavy (non-hydrogen) atoms. The first kappa shape index (κ1) is 36.9. The molecule has 282 valence electrons. The van der Waals surface area contributed by atoms with Crippen LogP contribution in [0.4, 0.5) is 20.0 Å². The van der Waals surface area contributed by atoms with Crippen molar-refractivity contribution < 1.29 is 36.8 Å². The lowest BCUT2D eigenvalue weighted by Gasteiger charge is -2.34. The predicted octanol–water partition coefficient (Wildman–Crippen LogP) is 5.60. The van der Waals surface area contributed by atoms with Crippen molar-refractivity contribution in [1.29, 1.82) is 0 Å². The number of aryl methyl sites for hydroxylation is 2. The van der Waals surface area contributed by atoms with Crippen molar-refractivity contribution in [3.05, 3.63) is 100 Å². The van der Waals surface area contributed by atoms with Crippen LogP contribution in [0.3, 0.4) is 0 Å². The highest BCUT2D eigenvalue weighted by molar-refractivity contribution is 6.58. The molecule has 0 amide bonds. The summed E-state index contributed by atoms with van der Waals surface area (Å²) in [4.78, 5) is 2.21. The number of nitrogens with zero attached hydrogens (tertiary/aromatic N) is 5. The first-order chi connectivity index (χ1) is 25.6. The smallest absolute Gasteiger partial charge is 0.495 e. The Morgan fingerprint density at radius 2 is 1.40 bits per heavy atom. The zero-order valence-corrected chi connectivity index (χ0v) is 31.5. The second-order valence-electron chi connectivity index (χ2n) is 13.8. The first-order valence-electron chi connectivity index (χ1n) is 18.2. The summed E-state index contributed by atoms with van der Waals surface area (Å²) in [5.74, 6) is 0.727. The molecule has 0 spiro atoms. The SMILES string of the molecule is COc1cc(N2C=C(c3ccc(C4=C5C(C)=CC(C)=[N+]5[B-](F)(F)n5c(C)cc(C)c54)cc3)N(C)N2)ccc1N1CCOCCOCCOCCOCC1. The number of halogens is 2. The van der Waals surface area contributed by atoms with E-state index in [1.807, 2.05) is 79.6 Å². The molecule has 4 aliphatic rings. The number of nitrogens with one attached hydrogen (secondary N) is 1. The van der Waals surface area contributed by atoms with Crippen LogP contribution >= 0.6 is 0 Å². The molecule has 0 saturated carbocycles. The van der Waals surface area contributed by atoms with Crippen molar-refractivity contribution in [1.82, 2.24) is 15.0 Å². The number of benzene rings is 2. The molecule has 14 heteroatoms. The summed E-state index contributed by atoms with van der Waals surface area (Å²) >= 11 is 0. The van der Waals surface area contributed by atoms with E-state index in [2.05, 4.69) is 22.6 Å². The van der Waals surface area contributed by atoms with Gasteiger partial charge in [-0.15, -0.1) is 5.53 Å². The minimum Gasteiger partial charge on any atom is -0.495 e. The molecule has 7 rings (SSSR count). The van der Waals surface area contributed by atoms with E-state index in [1.165, 1.54) is 8.96 Å². The van der Waals surface area contributed by atoms with Crippen molar-refractivity contribution in [2.75, 3.05) is 90.0 Å². The average molecular weight is 731 g/mol. The Morgan fingerprint density at radius 3 is 2.02 bits per heavy atom. The molecular formula is C39H49BF2N6O5. The standard InChI is InChI=1S/C39H49BF2N6O5/c1-27-23-29(3)47-38(27)37(39-28(2)24-30(4)48(39)40(47,41)42)32-9-7-31(8-10-32)35-26-46(43-44(35)5)33-11-12-34(36(25-33)49-6)45-13-15-50-17-19-52-21-22-53-20-18-51-16-14-45/h7-12,23-26,43H,13-22H2,1-6H3. The quantitative estimate of drug-likeness (QED) is 0.338. The van der Waals surface area contributed by atoms with Gasteiger partial charge in [0.2, 0.25) is 0 Å². The summed E-state index contributed by atoms with van der Waals surface area (Å²) in [6.45, 7) is 8.90. The van der Waals surface area contributed by atoms with Gasteiger partial charge in [-0.2, -0.15) is 0 Å². The number of ether oxygens (including phenoxy) is 5. The lowest BCUT2D eigenvalue weighted by molar-refractivity contribution is -0.363. The lowest BCUT2D eigenvalue weighted by atomic mass is 9.83. The van der Waals surface area contributed by atoms with E-state index in [1.54, 1.807) is 21.0 Å². The van der Waals surface area contributed by atoms with Crippen LogP contribution in [0.15, 0.2) is 72.1 Å². The van der Waals surface area contributed by atoms with Crippen LogP contribution in [0.2, 0.25) is 0 Å². The molecule has 1 saturated heterocycles. The Labute approximate surface area is 310 Å². The zero-order chi connectivity index (χ0) is 37.3. The molecule has 4 aliphatic heterocycles. The highest BCUT2D eigenvalue weighted by atomic mass is 19.2. The normalized spacial score (nSPS) is 20.2. The van der Waals surface area contributed by atoms with E-state index in [0.29, 0.717) is 88.7 Å². The zero-order valence-electron chi connectivity index (χ0n) is 31.5. The van der Waals surface area contributed by atoms with Gasteiger partial charge in [-0.25, -0.2) is 0 Å². The lowest BCUT2D eigenvalue weighted by Crippen LogP contribution is -2.51. The van der Waals surface area contributed by atoms with Gasteiger partial charge < -0.3 is 46.2 Å². The molecule has 0 aliphatic carbocycles. The molecule has 0 unspecified atom stereocenters. The molecule has 5 heterocycles. The maximum absolute atomic E-state index is 16.1. The third kappa shape index (κ3) is 7.13. The highest BCUT2D eigenvalue weighted by Crippen LogP contribution is 2.44. The van der Waals surface area contributed by atoms with Crippen LogP contribution in [0.5, 0.6) is 5.75 Å². The molecule has 3 aromatic rings. The van der Waals surface area contributed by atoms with E-state index in [4.69, 9.17) is 23.7 Å². The second kappa shape index (κ2) is 15.5. The van der Waals surface area contributed by atoms with Crippen LogP contribution in [-0.4, -0.2) is 107 Å². The van der Waals surface area contributed by atoms with Gasteiger partial charge in [0.05, 0.1) is 82.6 Å². The van der Waals surface area contributed by atoms with Crippen LogP contribution in [0.25, 0.3) is 11.3 Å². The Morgan fingerprint density at radius 1 is 0.792 bits per heavy atom. The fraction of sp³-hybridized carbons (Fsp3) is 0.410. The Balaban J connectivity index is 1.13. The van der Waals surface area contributed by atoms with E-state index in [0.717, 1.165) is 50.7 Å². The predicted molar refractivity (Wildman–Crippen MR) is 204 cm³/mol. The maximum atomic E-state index is 16.1. The van der Waals surface area contributed by atoms with Crippen LogP contribution in [0.1, 0.15) is 41.9 Å². The molecule has 1 N–H and O–H groups in total. The molecule has 1 fully saturated rings. The highest BCUT2D eigenvalue weighted by Gasteiger charge is 2.55. The van der Waals surface area contributed by atoms with Crippen molar-refractivity contribution in [2.45, 2.75) is 27.7 Å². The average Bonchev–Trinajstić information content (AvgIpc) is 3.78. The largest absolute Gasteiger partial charge is 0.737 e. The summed E-state index contributed by atoms with van der Waals surface area (Å²) < 4.78 is 63.5. The fourth-order valence-electron chi connectivity index (χ4n) is 7.77. The third-order valence-corrected chi connectivity index (χ3v) is 10.2. The molecule has 0 atom stereocenters. The number of hydrazine groups is 2. The number of hydrogen-bond donors (Lipinski definition) is 1. The number of hydrogen-bond acceptors (Lipinski definition) is 9. The van der Waals surface area contributed by atoms with Crippen LogP contribution in [0, 0.1) is 13.8 Å². The van der Waals surface area contributed by atoms with E-state index in [-0.39, 0.29) is 0 Å². The minimum atomic E-state index is -4.03. The van der Waals surface area contributed by atoms with Gasteiger partial charge in [-0.05, 0) is 55.8 Å². The molecule has 2 aromatic carbocycles. The molecular weight excluding hydrogens is 681 g/mol. The Kier molecular flexibility index (Phi) is 10.8. The van der Waals surface area contributed by atoms with Gasteiger partial charge in [-0.3, -0.25) is 10.0 Å². The van der Waals surface area contributed by atoms with Gasteiger partial charge in [0.25, 0.3) is 0 Å². The second-order valence-corrected chi connectivity index (χ2v) is 13.8. The van der Waals surface area contributed by atoms with E-state index in [9.17, 15) is 0 Å². The number of aromatic nitrogens is 1. The Bertz CT molecular complexity index is 1960. The fourth-order valence-corrected chi connectivity index (χ4v) is 7.77. The molecule has 0 radical (unpaired) electrons. The van der Waals surface area contributed by atoms with Gasteiger partial charge in [0.1, 0.15) is 11.5 Å². The van der Waals surface area contributed by atoms with Gasteiger partial charge in [0, 0.05) is 62.2 Å². The van der Waals surface area contributed by atoms with Crippen LogP contribution < -0.4 is 20.2 Å². The summed E-state index contributed by atoms with van der Waals surface area (Å²) in [5.41, 5.74) is 12.8. The monoisotopic (exact) mass is 730 g/mol. The Hall–Kier alpha value is -4.47. The van der Waals surface area contributed by atoms with Crippen molar-refractivity contribution in [3.8, 4) is 5.75 Å². The number of methoxy groups -OCH3 is 1. The number of allylic oxidation sites excluding steroid dienone is 2. The number of rotatable bonds is 5. The van der Waals surface area contributed by atoms with E-state index < -0.39 is 6.97 Å². The van der Waals surface area contributed by atoms with Gasteiger partial charge in [-0.1, -0.05) is 24.3 Å². The third-order valence-electron chi connectivity index (χ3n) is 10.2. The van der Waals surface area contributed by atoms with Crippen molar-refractivity contribution in [3.63, 3.8) is 0 Å². The van der Waals surface area contributed by atoms with Crippen molar-refractivity contribution >= 4 is 35.3 Å². The summed E-state index contributed by atoms with van der Waals surface area (Å²) in [6, 6.07) is 16.1. The summed E-state index contributed by atoms with van der Waals surface area (Å²) in [5, 5.41) is 3.90. The topological polar surface area (TPSA) is 75.8 Å². The van der Waals surface area contributed by atoms with Crippen LogP contribution in [-0.2, 0) is 18.9 Å². The summed E-state index contributed by atoms with van der Waals surface area (Å²) in [6.07, 6.45) is 3.89. The minimum absolute atomic E-state index is 0.520. The van der Waals surface area contributed by atoms with Crippen molar-refractivity contribution in [2.24, 2.45) is 0 Å². The maximum Gasteiger partial charge on any atom is 0.737 e. The molecule has 1 aromatic heterocycles. The number of fused-ring (bicyclic) bond motifs is 2. The summed E-state index contributed by atoms with van der Waals surface area (Å²) in [7, 11) is 3.64. The van der Waals surface area contributed by atoms with Gasteiger partial charge in [0.15, 0.2) is 5.70 Å². The van der Waals surface area contributed by atoms with E-state index >= 15 is 8.63 Å². The molecule has 11 nitrogen and oxygen atoms in total. The molecule has 0 bridgehead atoms. The van der Waals surface area contributed by atoms with Gasteiger partial charge >= 0.3 is 6.97 Å². The number of anilines is 2. The first-order valence-corrected chi connectivity index (χ1v) is 18.2.